The van der Waals surface area contributed by atoms with E-state index in [0.29, 0.717) is 0 Å². The molecule has 1 aliphatic carbocycles. The van der Waals surface area contributed by atoms with E-state index in [1.807, 2.05) is 0 Å². The second kappa shape index (κ2) is 2.48. The van der Waals surface area contributed by atoms with E-state index in [1.165, 1.54) is 5.92 Å². The number of halogens is 5. The van der Waals surface area contributed by atoms with E-state index in [1.54, 1.807) is 0 Å². The summed E-state index contributed by atoms with van der Waals surface area (Å²) in [6.45, 7) is 0. The van der Waals surface area contributed by atoms with Gasteiger partial charge in [0, 0.05) is 0 Å². The summed E-state index contributed by atoms with van der Waals surface area (Å²) in [7, 11) is 0. The molecule has 6 heteroatoms. The first-order valence-corrected chi connectivity index (χ1v) is 3.32. The third-order valence-electron chi connectivity index (χ3n) is 1.56. The van der Waals surface area contributed by atoms with E-state index < -0.39 is 28.2 Å². The number of hydrogen-bond donors (Lipinski definition) is 0. The van der Waals surface area contributed by atoms with Crippen LogP contribution in [-0.4, -0.2) is 17.6 Å². The molecule has 0 amide bonds. The van der Waals surface area contributed by atoms with Gasteiger partial charge in [-0.15, -0.1) is 6.42 Å². The Bertz CT molecular complexity index is 350. The van der Waals surface area contributed by atoms with Crippen molar-refractivity contribution in [2.75, 3.05) is 0 Å². The number of alkyl halides is 4. The summed E-state index contributed by atoms with van der Waals surface area (Å²) in [6, 6.07) is 0. The molecule has 0 N–H and O–H groups in total. The molecular weight excluding hydrogens is 212 g/mol. The van der Waals surface area contributed by atoms with E-state index in [0.717, 1.165) is 0 Å². The van der Waals surface area contributed by atoms with Crippen LogP contribution in [-0.2, 0) is 4.79 Å². The fourth-order valence-electron chi connectivity index (χ4n) is 0.843. The van der Waals surface area contributed by atoms with E-state index >= 15 is 0 Å². The first-order valence-electron chi connectivity index (χ1n) is 2.94. The number of hydrogen-bond acceptors (Lipinski definition) is 1. The van der Waals surface area contributed by atoms with Crippen LogP contribution in [0.25, 0.3) is 0 Å². The molecule has 0 saturated heterocycles. The van der Waals surface area contributed by atoms with Crippen molar-refractivity contribution >= 4 is 17.4 Å². The lowest BCUT2D eigenvalue weighted by Gasteiger charge is -2.17. The van der Waals surface area contributed by atoms with Gasteiger partial charge >= 0.3 is 11.8 Å². The van der Waals surface area contributed by atoms with Gasteiger partial charge in [0.15, 0.2) is 0 Å². The Morgan fingerprint density at radius 2 is 1.69 bits per heavy atom. The fraction of sp³-hybridized carbons (Fsp3) is 0.286. The average Bonchev–Trinajstić information content (AvgIpc) is 2.12. The molecule has 0 spiro atoms. The van der Waals surface area contributed by atoms with E-state index in [2.05, 4.69) is 6.42 Å². The summed E-state index contributed by atoms with van der Waals surface area (Å²) in [5.74, 6) is -10.3. The minimum atomic E-state index is -4.83. The molecule has 1 rings (SSSR count). The predicted octanol–water partition coefficient (Wildman–Crippen LogP) is 1.97. The first-order chi connectivity index (χ1) is 5.76. The number of allylic oxidation sites excluding steroid dienone is 2. The number of Topliss-reactive ketones (excluding diaryl/α,β-unsaturated/α-hetero) is 1. The average molecular weight is 213 g/mol. The molecule has 0 saturated carbocycles. The molecule has 0 bridgehead atoms. The molecule has 70 valence electrons. The third-order valence-corrected chi connectivity index (χ3v) is 1.92. The number of terminal acetylenes is 1. The van der Waals surface area contributed by atoms with Crippen LogP contribution in [0.15, 0.2) is 10.6 Å². The summed E-state index contributed by atoms with van der Waals surface area (Å²) in [5, 5.41) is -1.27. The molecule has 0 aromatic heterocycles. The monoisotopic (exact) mass is 212 g/mol. The van der Waals surface area contributed by atoms with Gasteiger partial charge < -0.3 is 0 Å². The second-order valence-corrected chi connectivity index (χ2v) is 2.69. The minimum absolute atomic E-state index is 1.27. The van der Waals surface area contributed by atoms with Crippen molar-refractivity contribution in [3.63, 3.8) is 0 Å². The molecule has 0 heterocycles. The van der Waals surface area contributed by atoms with Crippen molar-refractivity contribution < 1.29 is 22.4 Å². The Hall–Kier alpha value is -1.02. The van der Waals surface area contributed by atoms with Gasteiger partial charge in [0.2, 0.25) is 0 Å². The van der Waals surface area contributed by atoms with Crippen molar-refractivity contribution in [2.45, 2.75) is 11.8 Å². The Morgan fingerprint density at radius 3 is 1.85 bits per heavy atom. The maximum absolute atomic E-state index is 12.6. The van der Waals surface area contributed by atoms with Gasteiger partial charge in [0.05, 0.1) is 5.57 Å². The predicted molar refractivity (Wildman–Crippen MR) is 36.6 cm³/mol. The summed E-state index contributed by atoms with van der Waals surface area (Å²) >= 11 is 4.93. The van der Waals surface area contributed by atoms with Gasteiger partial charge in [-0.1, -0.05) is 17.5 Å². The highest BCUT2D eigenvalue weighted by Crippen LogP contribution is 2.49. The zero-order valence-electron chi connectivity index (χ0n) is 5.88. The molecule has 1 nitrogen and oxygen atoms in total. The molecule has 0 aromatic carbocycles. The lowest BCUT2D eigenvalue weighted by Crippen LogP contribution is -2.42. The van der Waals surface area contributed by atoms with Crippen molar-refractivity contribution in [1.29, 1.82) is 0 Å². The molecule has 0 fully saturated rings. The van der Waals surface area contributed by atoms with Crippen molar-refractivity contribution in [2.24, 2.45) is 0 Å². The number of ketones is 1. The highest BCUT2D eigenvalue weighted by molar-refractivity contribution is 6.45. The van der Waals surface area contributed by atoms with E-state index in [-0.39, 0.29) is 0 Å². The van der Waals surface area contributed by atoms with Crippen LogP contribution in [0.5, 0.6) is 0 Å². The number of carbonyl (C=O) groups is 1. The zero-order valence-corrected chi connectivity index (χ0v) is 6.63. The van der Waals surface area contributed by atoms with Crippen LogP contribution in [0.3, 0.4) is 0 Å². The smallest absolute Gasteiger partial charge is 0.286 e. The van der Waals surface area contributed by atoms with Crippen molar-refractivity contribution in [3.8, 4) is 12.3 Å². The van der Waals surface area contributed by atoms with Gasteiger partial charge in [-0.2, -0.15) is 17.6 Å². The number of rotatable bonds is 0. The van der Waals surface area contributed by atoms with E-state index in [9.17, 15) is 22.4 Å². The minimum Gasteiger partial charge on any atom is -0.286 e. The summed E-state index contributed by atoms with van der Waals surface area (Å²) < 4.78 is 50.2. The van der Waals surface area contributed by atoms with Crippen LogP contribution in [0.4, 0.5) is 17.6 Å². The van der Waals surface area contributed by atoms with Gasteiger partial charge in [0.25, 0.3) is 5.78 Å². The maximum Gasteiger partial charge on any atom is 0.377 e. The summed E-state index contributed by atoms with van der Waals surface area (Å²) in [6.07, 6.45) is 4.53. The van der Waals surface area contributed by atoms with Gasteiger partial charge in [-0.3, -0.25) is 4.79 Å². The van der Waals surface area contributed by atoms with Crippen LogP contribution in [0, 0.1) is 12.3 Å². The Balaban J connectivity index is 3.42. The van der Waals surface area contributed by atoms with Crippen LogP contribution in [0.1, 0.15) is 0 Å². The lowest BCUT2D eigenvalue weighted by atomic mass is 10.1. The van der Waals surface area contributed by atoms with Crippen LogP contribution >= 0.6 is 11.6 Å². The van der Waals surface area contributed by atoms with Gasteiger partial charge in [-0.05, 0) is 0 Å². The molecule has 0 radical (unpaired) electrons. The SMILES string of the molecule is C#CC1=C(Cl)C(=O)C(F)(F)C1(F)F. The van der Waals surface area contributed by atoms with Crippen LogP contribution < -0.4 is 0 Å². The Morgan fingerprint density at radius 1 is 1.23 bits per heavy atom. The fourth-order valence-corrected chi connectivity index (χ4v) is 1.13. The van der Waals surface area contributed by atoms with Gasteiger partial charge in [0.1, 0.15) is 5.03 Å². The second-order valence-electron chi connectivity index (χ2n) is 2.31. The quantitative estimate of drug-likeness (QED) is 0.443. The van der Waals surface area contributed by atoms with Crippen LogP contribution in [0.2, 0.25) is 0 Å². The Kier molecular flexibility index (Phi) is 1.92. The molecule has 0 atom stereocenters. The van der Waals surface area contributed by atoms with Crippen molar-refractivity contribution in [3.05, 3.63) is 10.6 Å². The zero-order chi connectivity index (χ0) is 10.4. The molecule has 0 aromatic rings. The standard InChI is InChI=1S/C7HClF4O/c1-2-3-4(8)5(13)7(11,12)6(3,9)10/h1H. The molecule has 0 unspecified atom stereocenters. The summed E-state index contributed by atoms with van der Waals surface area (Å²) in [5.41, 5.74) is -1.45. The van der Waals surface area contributed by atoms with Crippen molar-refractivity contribution in [1.82, 2.24) is 0 Å². The third kappa shape index (κ3) is 0.985. The van der Waals surface area contributed by atoms with E-state index in [4.69, 9.17) is 11.6 Å². The summed E-state index contributed by atoms with van der Waals surface area (Å²) in [4.78, 5) is 10.5. The topological polar surface area (TPSA) is 17.1 Å². The maximum atomic E-state index is 12.6. The highest BCUT2D eigenvalue weighted by atomic mass is 35.5. The molecule has 0 aliphatic heterocycles. The number of carbonyl (C=O) groups excluding carboxylic acids is 1. The van der Waals surface area contributed by atoms with Gasteiger partial charge in [-0.25, -0.2) is 0 Å². The molecule has 13 heavy (non-hydrogen) atoms. The normalized spacial score (nSPS) is 24.8. The first kappa shape index (κ1) is 10.1. The highest BCUT2D eigenvalue weighted by Gasteiger charge is 2.70. The molecule has 1 aliphatic rings. The Labute approximate surface area is 75.4 Å². The molecular formula is C7HClF4O. The largest absolute Gasteiger partial charge is 0.377 e. The lowest BCUT2D eigenvalue weighted by molar-refractivity contribution is -0.181.